The van der Waals surface area contributed by atoms with Crippen LogP contribution >= 0.6 is 11.8 Å². The van der Waals surface area contributed by atoms with Gasteiger partial charge in [0.05, 0.1) is 5.25 Å². The number of nitrogens with one attached hydrogen (secondary N) is 2. The SMILES string of the molecule is CC(=O)Nc1ccc(SC(C)C(=O)NCc2ccc(C(=O)N(C)C(C)C)cc2)cc1. The Kier molecular flexibility index (Phi) is 8.47. The number of carbonyl (C=O) groups is 3. The number of amides is 3. The highest BCUT2D eigenvalue weighted by Gasteiger charge is 2.16. The quantitative estimate of drug-likeness (QED) is 0.626. The molecule has 2 aromatic rings. The number of hydrogen-bond donors (Lipinski definition) is 2. The van der Waals surface area contributed by atoms with Crippen LogP contribution in [0.5, 0.6) is 0 Å². The van der Waals surface area contributed by atoms with E-state index in [0.717, 1.165) is 16.1 Å². The first kappa shape index (κ1) is 23.5. The maximum absolute atomic E-state index is 12.4. The third-order valence-electron chi connectivity index (χ3n) is 4.62. The zero-order valence-electron chi connectivity index (χ0n) is 18.1. The molecule has 2 rings (SSSR count). The zero-order valence-corrected chi connectivity index (χ0v) is 18.9. The number of nitrogens with zero attached hydrogens (tertiary/aromatic N) is 1. The summed E-state index contributed by atoms with van der Waals surface area (Å²) in [5.41, 5.74) is 2.29. The average molecular weight is 428 g/mol. The van der Waals surface area contributed by atoms with E-state index in [4.69, 9.17) is 0 Å². The van der Waals surface area contributed by atoms with Crippen LogP contribution in [0.1, 0.15) is 43.6 Å². The second-order valence-corrected chi connectivity index (χ2v) is 8.80. The van der Waals surface area contributed by atoms with Crippen LogP contribution in [0.2, 0.25) is 0 Å². The molecular formula is C23H29N3O3S. The summed E-state index contributed by atoms with van der Waals surface area (Å²) in [6.07, 6.45) is 0. The molecule has 7 heteroatoms. The van der Waals surface area contributed by atoms with Gasteiger partial charge in [-0.05, 0) is 62.7 Å². The second-order valence-electron chi connectivity index (χ2n) is 7.39. The first-order chi connectivity index (χ1) is 14.2. The van der Waals surface area contributed by atoms with Crippen LogP contribution in [0.3, 0.4) is 0 Å². The molecule has 0 saturated heterocycles. The lowest BCUT2D eigenvalue weighted by Gasteiger charge is -2.21. The van der Waals surface area contributed by atoms with E-state index in [1.54, 1.807) is 24.1 Å². The van der Waals surface area contributed by atoms with Gasteiger partial charge in [-0.2, -0.15) is 0 Å². The van der Waals surface area contributed by atoms with Crippen LogP contribution in [0, 0.1) is 0 Å². The number of thioether (sulfide) groups is 1. The minimum Gasteiger partial charge on any atom is -0.351 e. The molecule has 0 bridgehead atoms. The highest BCUT2D eigenvalue weighted by Crippen LogP contribution is 2.25. The van der Waals surface area contributed by atoms with Crippen LogP contribution in [0.15, 0.2) is 53.4 Å². The Morgan fingerprint density at radius 2 is 1.57 bits per heavy atom. The molecule has 0 fully saturated rings. The molecule has 0 aliphatic heterocycles. The van der Waals surface area contributed by atoms with Crippen molar-refractivity contribution >= 4 is 35.2 Å². The fourth-order valence-corrected chi connectivity index (χ4v) is 3.51. The molecule has 30 heavy (non-hydrogen) atoms. The second kappa shape index (κ2) is 10.8. The van der Waals surface area contributed by atoms with Crippen LogP contribution < -0.4 is 10.6 Å². The summed E-state index contributed by atoms with van der Waals surface area (Å²) in [7, 11) is 1.79. The van der Waals surface area contributed by atoms with Gasteiger partial charge in [0.15, 0.2) is 0 Å². The molecule has 2 N–H and O–H groups in total. The minimum absolute atomic E-state index is 0.0184. The lowest BCUT2D eigenvalue weighted by molar-refractivity contribution is -0.120. The van der Waals surface area contributed by atoms with Gasteiger partial charge in [-0.3, -0.25) is 14.4 Å². The third kappa shape index (κ3) is 6.91. The molecule has 1 atom stereocenters. The van der Waals surface area contributed by atoms with Gasteiger partial charge >= 0.3 is 0 Å². The molecule has 0 spiro atoms. The average Bonchev–Trinajstić information content (AvgIpc) is 2.72. The maximum atomic E-state index is 12.4. The van der Waals surface area contributed by atoms with Gasteiger partial charge in [-0.1, -0.05) is 12.1 Å². The summed E-state index contributed by atoms with van der Waals surface area (Å²) < 4.78 is 0. The molecule has 0 aliphatic rings. The van der Waals surface area contributed by atoms with Gasteiger partial charge in [0.1, 0.15) is 0 Å². The van der Waals surface area contributed by atoms with Crippen molar-refractivity contribution in [2.45, 2.75) is 50.4 Å². The standard InChI is InChI=1S/C23H29N3O3S/c1-15(2)26(5)23(29)19-8-6-18(7-9-19)14-24-22(28)16(3)30-21-12-10-20(11-13-21)25-17(4)27/h6-13,15-16H,14H2,1-5H3,(H,24,28)(H,25,27). The lowest BCUT2D eigenvalue weighted by Crippen LogP contribution is -2.33. The van der Waals surface area contributed by atoms with Gasteiger partial charge in [0.25, 0.3) is 5.91 Å². The molecule has 6 nitrogen and oxygen atoms in total. The Morgan fingerprint density at radius 3 is 2.10 bits per heavy atom. The van der Waals surface area contributed by atoms with Crippen LogP contribution in [-0.2, 0) is 16.1 Å². The molecule has 0 radical (unpaired) electrons. The van der Waals surface area contributed by atoms with Crippen LogP contribution in [0.4, 0.5) is 5.69 Å². The maximum Gasteiger partial charge on any atom is 0.253 e. The van der Waals surface area contributed by atoms with Crippen LogP contribution in [-0.4, -0.2) is 41.0 Å². The Balaban J connectivity index is 1.86. The molecule has 0 aliphatic carbocycles. The predicted molar refractivity (Wildman–Crippen MR) is 122 cm³/mol. The number of carbonyl (C=O) groups excluding carboxylic acids is 3. The van der Waals surface area contributed by atoms with Crippen molar-refractivity contribution in [2.75, 3.05) is 12.4 Å². The third-order valence-corrected chi connectivity index (χ3v) is 5.73. The van der Waals surface area contributed by atoms with Crippen molar-refractivity contribution in [2.24, 2.45) is 0 Å². The predicted octanol–water partition coefficient (Wildman–Crippen LogP) is 3.92. The molecular weight excluding hydrogens is 398 g/mol. The van der Waals surface area contributed by atoms with Gasteiger partial charge in [-0.15, -0.1) is 11.8 Å². The summed E-state index contributed by atoms with van der Waals surface area (Å²) in [6.45, 7) is 7.66. The summed E-state index contributed by atoms with van der Waals surface area (Å²) >= 11 is 1.45. The lowest BCUT2D eigenvalue weighted by atomic mass is 10.1. The molecule has 160 valence electrons. The summed E-state index contributed by atoms with van der Waals surface area (Å²) in [6, 6.07) is 14.8. The summed E-state index contributed by atoms with van der Waals surface area (Å²) in [4.78, 5) is 38.5. The van der Waals surface area contributed by atoms with E-state index in [0.29, 0.717) is 12.1 Å². The highest BCUT2D eigenvalue weighted by atomic mass is 32.2. The Morgan fingerprint density at radius 1 is 0.967 bits per heavy atom. The van der Waals surface area contributed by atoms with Gasteiger partial charge in [0, 0.05) is 42.7 Å². The van der Waals surface area contributed by atoms with Crippen molar-refractivity contribution in [3.63, 3.8) is 0 Å². The fourth-order valence-electron chi connectivity index (χ4n) is 2.61. The largest absolute Gasteiger partial charge is 0.351 e. The molecule has 1 unspecified atom stereocenters. The highest BCUT2D eigenvalue weighted by molar-refractivity contribution is 8.00. The first-order valence-electron chi connectivity index (χ1n) is 9.85. The monoisotopic (exact) mass is 427 g/mol. The Labute approximate surface area is 182 Å². The van der Waals surface area contributed by atoms with Crippen molar-refractivity contribution < 1.29 is 14.4 Å². The Hall–Kier alpha value is -2.80. The molecule has 0 aromatic heterocycles. The van der Waals surface area contributed by atoms with E-state index < -0.39 is 0 Å². The number of benzene rings is 2. The molecule has 3 amide bonds. The Bertz CT molecular complexity index is 880. The normalized spacial score (nSPS) is 11.7. The van der Waals surface area contributed by atoms with E-state index in [-0.39, 0.29) is 29.0 Å². The molecule has 0 heterocycles. The first-order valence-corrected chi connectivity index (χ1v) is 10.7. The van der Waals surface area contributed by atoms with Crippen molar-refractivity contribution in [1.82, 2.24) is 10.2 Å². The number of rotatable bonds is 8. The van der Waals surface area contributed by atoms with Gasteiger partial charge in [0.2, 0.25) is 11.8 Å². The zero-order chi connectivity index (χ0) is 22.3. The summed E-state index contributed by atoms with van der Waals surface area (Å²) in [5, 5.41) is 5.39. The van der Waals surface area contributed by atoms with Crippen molar-refractivity contribution in [1.29, 1.82) is 0 Å². The molecule has 0 saturated carbocycles. The number of hydrogen-bond acceptors (Lipinski definition) is 4. The smallest absolute Gasteiger partial charge is 0.253 e. The van der Waals surface area contributed by atoms with E-state index in [9.17, 15) is 14.4 Å². The fraction of sp³-hybridized carbons (Fsp3) is 0.348. The van der Waals surface area contributed by atoms with E-state index in [2.05, 4.69) is 10.6 Å². The van der Waals surface area contributed by atoms with Crippen molar-refractivity contribution in [3.05, 3.63) is 59.7 Å². The number of anilines is 1. The topological polar surface area (TPSA) is 78.5 Å². The minimum atomic E-state index is -0.267. The summed E-state index contributed by atoms with van der Waals surface area (Å²) in [5.74, 6) is -0.201. The van der Waals surface area contributed by atoms with Gasteiger partial charge in [-0.25, -0.2) is 0 Å². The van der Waals surface area contributed by atoms with E-state index >= 15 is 0 Å². The van der Waals surface area contributed by atoms with E-state index in [1.807, 2.05) is 57.2 Å². The van der Waals surface area contributed by atoms with Crippen molar-refractivity contribution in [3.8, 4) is 0 Å². The molecule has 2 aromatic carbocycles. The van der Waals surface area contributed by atoms with Crippen LogP contribution in [0.25, 0.3) is 0 Å². The van der Waals surface area contributed by atoms with Gasteiger partial charge < -0.3 is 15.5 Å². The van der Waals surface area contributed by atoms with E-state index in [1.165, 1.54) is 18.7 Å².